The number of nitrogens with one attached hydrogen (secondary N) is 1. The van der Waals surface area contributed by atoms with Crippen molar-refractivity contribution < 1.29 is 22.4 Å². The molecular formula is C30H35BrFN3O4S. The summed E-state index contributed by atoms with van der Waals surface area (Å²) in [7, 11) is -3.88. The molecule has 0 saturated heterocycles. The van der Waals surface area contributed by atoms with E-state index in [1.807, 2.05) is 44.2 Å². The van der Waals surface area contributed by atoms with Crippen LogP contribution in [0, 0.1) is 12.7 Å². The van der Waals surface area contributed by atoms with Crippen LogP contribution >= 0.6 is 15.9 Å². The van der Waals surface area contributed by atoms with E-state index in [2.05, 4.69) is 21.2 Å². The Hall–Kier alpha value is -3.24. The van der Waals surface area contributed by atoms with Gasteiger partial charge < -0.3 is 10.2 Å². The average molecular weight is 633 g/mol. The van der Waals surface area contributed by atoms with Crippen LogP contribution in [0.25, 0.3) is 0 Å². The monoisotopic (exact) mass is 631 g/mol. The summed E-state index contributed by atoms with van der Waals surface area (Å²) in [6.07, 6.45) is 2.83. The first-order valence-corrected chi connectivity index (χ1v) is 15.7. The minimum atomic E-state index is -3.88. The van der Waals surface area contributed by atoms with Crippen molar-refractivity contribution in [1.82, 2.24) is 10.2 Å². The average Bonchev–Trinajstić information content (AvgIpc) is 2.91. The molecule has 0 aliphatic rings. The maximum Gasteiger partial charge on any atom is 0.244 e. The van der Waals surface area contributed by atoms with E-state index in [1.165, 1.54) is 11.0 Å². The number of amides is 2. The second kappa shape index (κ2) is 14.4. The fraction of sp³-hybridized carbons (Fsp3) is 0.333. The van der Waals surface area contributed by atoms with Gasteiger partial charge in [-0.15, -0.1) is 0 Å². The smallest absolute Gasteiger partial charge is 0.244 e. The van der Waals surface area contributed by atoms with Gasteiger partial charge in [-0.1, -0.05) is 77.8 Å². The molecule has 0 bridgehead atoms. The molecule has 7 nitrogen and oxygen atoms in total. The summed E-state index contributed by atoms with van der Waals surface area (Å²) in [6.45, 7) is 3.49. The van der Waals surface area contributed by atoms with Crippen LogP contribution in [0.3, 0.4) is 0 Å². The zero-order valence-electron chi connectivity index (χ0n) is 22.9. The van der Waals surface area contributed by atoms with Gasteiger partial charge in [0.05, 0.1) is 11.9 Å². The van der Waals surface area contributed by atoms with Crippen molar-refractivity contribution >= 4 is 43.5 Å². The quantitative estimate of drug-likeness (QED) is 0.262. The molecule has 0 aromatic heterocycles. The number of unbranched alkanes of at least 4 members (excludes halogenated alkanes) is 1. The van der Waals surface area contributed by atoms with Crippen molar-refractivity contribution in [2.45, 2.75) is 45.7 Å². The van der Waals surface area contributed by atoms with Crippen LogP contribution in [0.1, 0.15) is 36.5 Å². The van der Waals surface area contributed by atoms with Crippen LogP contribution in [0.2, 0.25) is 0 Å². The van der Waals surface area contributed by atoms with E-state index in [0.717, 1.165) is 39.0 Å². The standard InChI is InChI=1S/C30H35BrFN3O4S/c1-4-5-17-33-30(37)28(19-23-11-7-6-8-12-23)34(20-24-13-9-10-14-27(24)32)29(36)21-35(40(3,38)39)25-15-16-26(31)22(2)18-25/h6-16,18,28H,4-5,17,19-21H2,1-3H3,(H,33,37). The molecule has 0 aliphatic heterocycles. The van der Waals surface area contributed by atoms with Gasteiger partial charge in [-0.25, -0.2) is 12.8 Å². The number of carbonyl (C=O) groups excluding carboxylic acids is 2. The zero-order chi connectivity index (χ0) is 29.3. The molecule has 3 rings (SSSR count). The summed E-state index contributed by atoms with van der Waals surface area (Å²) in [5.41, 5.74) is 2.14. The number of anilines is 1. The largest absolute Gasteiger partial charge is 0.354 e. The lowest BCUT2D eigenvalue weighted by Gasteiger charge is -2.33. The third-order valence-electron chi connectivity index (χ3n) is 6.51. The van der Waals surface area contributed by atoms with Crippen LogP contribution in [0.5, 0.6) is 0 Å². The van der Waals surface area contributed by atoms with Crippen molar-refractivity contribution in [3.63, 3.8) is 0 Å². The van der Waals surface area contributed by atoms with E-state index in [0.29, 0.717) is 12.2 Å². The molecule has 10 heteroatoms. The second-order valence-electron chi connectivity index (χ2n) is 9.67. The van der Waals surface area contributed by atoms with E-state index >= 15 is 0 Å². The molecule has 40 heavy (non-hydrogen) atoms. The van der Waals surface area contributed by atoms with Crippen molar-refractivity contribution in [3.05, 3.63) is 99.8 Å². The first-order valence-electron chi connectivity index (χ1n) is 13.1. The SMILES string of the molecule is CCCCNC(=O)C(Cc1ccccc1)N(Cc1ccccc1F)C(=O)CN(c1ccc(Br)c(C)c1)S(C)(=O)=O. The highest BCUT2D eigenvalue weighted by Crippen LogP contribution is 2.25. The van der Waals surface area contributed by atoms with Gasteiger partial charge >= 0.3 is 0 Å². The Balaban J connectivity index is 2.05. The first-order chi connectivity index (χ1) is 19.0. The lowest BCUT2D eigenvalue weighted by molar-refractivity contribution is -0.140. The van der Waals surface area contributed by atoms with Crippen molar-refractivity contribution in [2.24, 2.45) is 0 Å². The zero-order valence-corrected chi connectivity index (χ0v) is 25.3. The van der Waals surface area contributed by atoms with Crippen molar-refractivity contribution in [3.8, 4) is 0 Å². The molecule has 0 aliphatic carbocycles. The molecule has 1 atom stereocenters. The van der Waals surface area contributed by atoms with Gasteiger partial charge in [0.25, 0.3) is 0 Å². The number of halogens is 2. The Bertz CT molecular complexity index is 1420. The van der Waals surface area contributed by atoms with E-state index < -0.39 is 34.3 Å². The van der Waals surface area contributed by atoms with Crippen LogP contribution in [-0.2, 0) is 32.6 Å². The molecule has 1 N–H and O–H groups in total. The number of benzene rings is 3. The third kappa shape index (κ3) is 8.63. The van der Waals surface area contributed by atoms with Gasteiger partial charge in [-0.05, 0) is 48.7 Å². The Morgan fingerprint density at radius 3 is 2.33 bits per heavy atom. The van der Waals surface area contributed by atoms with Gasteiger partial charge in [-0.2, -0.15) is 0 Å². The van der Waals surface area contributed by atoms with Crippen molar-refractivity contribution in [2.75, 3.05) is 23.7 Å². The number of sulfonamides is 1. The Morgan fingerprint density at radius 1 is 1.02 bits per heavy atom. The molecular weight excluding hydrogens is 597 g/mol. The van der Waals surface area contributed by atoms with E-state index in [1.54, 1.807) is 36.4 Å². The van der Waals surface area contributed by atoms with E-state index in [-0.39, 0.29) is 24.4 Å². The predicted molar refractivity (Wildman–Crippen MR) is 160 cm³/mol. The van der Waals surface area contributed by atoms with Crippen LogP contribution < -0.4 is 9.62 Å². The third-order valence-corrected chi connectivity index (χ3v) is 8.54. The maximum absolute atomic E-state index is 14.8. The van der Waals surface area contributed by atoms with Gasteiger partial charge in [0.15, 0.2) is 0 Å². The fourth-order valence-corrected chi connectivity index (χ4v) is 5.36. The van der Waals surface area contributed by atoms with E-state index in [4.69, 9.17) is 0 Å². The van der Waals surface area contributed by atoms with Gasteiger partial charge in [0.2, 0.25) is 21.8 Å². The molecule has 0 saturated carbocycles. The Morgan fingerprint density at radius 2 is 1.70 bits per heavy atom. The molecule has 1 unspecified atom stereocenters. The molecule has 0 spiro atoms. The molecule has 3 aromatic rings. The van der Waals surface area contributed by atoms with Crippen molar-refractivity contribution in [1.29, 1.82) is 0 Å². The van der Waals surface area contributed by atoms with Crippen LogP contribution in [0.4, 0.5) is 10.1 Å². The summed E-state index contributed by atoms with van der Waals surface area (Å²) in [5.74, 6) is -1.53. The Labute approximate surface area is 244 Å². The minimum absolute atomic E-state index is 0.176. The first kappa shape index (κ1) is 31.3. The topological polar surface area (TPSA) is 86.8 Å². The van der Waals surface area contributed by atoms with Gasteiger partial charge in [0, 0.05) is 29.5 Å². The highest BCUT2D eigenvalue weighted by Gasteiger charge is 2.33. The lowest BCUT2D eigenvalue weighted by atomic mass is 10.0. The van der Waals surface area contributed by atoms with Crippen LogP contribution in [0.15, 0.2) is 77.3 Å². The number of hydrogen-bond acceptors (Lipinski definition) is 4. The number of nitrogens with zero attached hydrogens (tertiary/aromatic N) is 2. The summed E-state index contributed by atoms with van der Waals surface area (Å²) >= 11 is 3.42. The normalized spacial score (nSPS) is 12.0. The molecule has 0 fully saturated rings. The molecule has 2 amide bonds. The summed E-state index contributed by atoms with van der Waals surface area (Å²) in [6, 6.07) is 19.3. The highest BCUT2D eigenvalue weighted by molar-refractivity contribution is 9.10. The second-order valence-corrected chi connectivity index (χ2v) is 12.4. The van der Waals surface area contributed by atoms with Crippen LogP contribution in [-0.4, -0.2) is 50.5 Å². The maximum atomic E-state index is 14.8. The number of rotatable bonds is 13. The number of hydrogen-bond donors (Lipinski definition) is 1. The number of aryl methyl sites for hydroxylation is 1. The highest BCUT2D eigenvalue weighted by atomic mass is 79.9. The molecule has 3 aromatic carbocycles. The predicted octanol–water partition coefficient (Wildman–Crippen LogP) is 5.22. The molecule has 0 heterocycles. The molecule has 0 radical (unpaired) electrons. The summed E-state index contributed by atoms with van der Waals surface area (Å²) < 4.78 is 42.4. The van der Waals surface area contributed by atoms with Gasteiger partial charge in [0.1, 0.15) is 18.4 Å². The lowest BCUT2D eigenvalue weighted by Crippen LogP contribution is -2.53. The molecule has 214 valence electrons. The summed E-state index contributed by atoms with van der Waals surface area (Å²) in [5, 5.41) is 2.90. The van der Waals surface area contributed by atoms with Gasteiger partial charge in [-0.3, -0.25) is 13.9 Å². The fourth-order valence-electron chi connectivity index (χ4n) is 4.27. The minimum Gasteiger partial charge on any atom is -0.354 e. The Kier molecular flexibility index (Phi) is 11.3. The van der Waals surface area contributed by atoms with E-state index in [9.17, 15) is 22.4 Å². The number of carbonyl (C=O) groups is 2. The summed E-state index contributed by atoms with van der Waals surface area (Å²) in [4.78, 5) is 28.8.